The summed E-state index contributed by atoms with van der Waals surface area (Å²) in [6.45, 7) is 9.37. The Morgan fingerprint density at radius 3 is 2.53 bits per heavy atom. The van der Waals surface area contributed by atoms with Crippen LogP contribution in [0.4, 0.5) is 5.13 Å². The predicted octanol–water partition coefficient (Wildman–Crippen LogP) is -0.310. The maximum Gasteiger partial charge on any atom is 0.353 e. The van der Waals surface area contributed by atoms with E-state index in [1.165, 1.54) is 11.3 Å². The second-order valence-corrected chi connectivity index (χ2v) is 8.41. The number of hydrogen-bond acceptors (Lipinski definition) is 10. The van der Waals surface area contributed by atoms with E-state index in [2.05, 4.69) is 38.8 Å². The number of methoxy groups -OCH3 is 1. The van der Waals surface area contributed by atoms with Gasteiger partial charge in [-0.05, 0) is 12.8 Å². The van der Waals surface area contributed by atoms with Gasteiger partial charge in [-0.2, -0.15) is 0 Å². The van der Waals surface area contributed by atoms with Gasteiger partial charge in [0.15, 0.2) is 11.2 Å². The number of esters is 1. The maximum atomic E-state index is 12.4. The number of piperidine rings is 1. The van der Waals surface area contributed by atoms with Crippen LogP contribution in [0.5, 0.6) is 0 Å². The molecule has 0 saturated carbocycles. The first-order valence-electron chi connectivity index (χ1n) is 10.6. The van der Waals surface area contributed by atoms with Crippen LogP contribution >= 0.6 is 11.3 Å². The van der Waals surface area contributed by atoms with E-state index in [-0.39, 0.29) is 35.6 Å². The number of thiazole rings is 1. The predicted molar refractivity (Wildman–Crippen MR) is 122 cm³/mol. The zero-order valence-corrected chi connectivity index (χ0v) is 19.6. The fraction of sp³-hybridized carbons (Fsp3) is 0.476. The minimum atomic E-state index is -0.809. The van der Waals surface area contributed by atoms with Gasteiger partial charge in [-0.25, -0.2) is 9.78 Å². The summed E-state index contributed by atoms with van der Waals surface area (Å²) in [7, 11) is 1.15. The Kier molecular flexibility index (Phi) is 8.73. The van der Waals surface area contributed by atoms with Gasteiger partial charge in [-0.1, -0.05) is 13.2 Å². The molecule has 13 heteroatoms. The van der Waals surface area contributed by atoms with Gasteiger partial charge in [0.1, 0.15) is 11.4 Å². The average Bonchev–Trinajstić information content (AvgIpc) is 3.35. The van der Waals surface area contributed by atoms with Crippen molar-refractivity contribution in [1.82, 2.24) is 20.9 Å². The number of hydrogen-bond donors (Lipinski definition) is 3. The molecular formula is C21H27N5O7S. The number of amides is 3. The number of carbonyl (C=O) groups is 4. The van der Waals surface area contributed by atoms with Crippen molar-refractivity contribution in [3.63, 3.8) is 0 Å². The average molecular weight is 494 g/mol. The molecule has 1 aromatic heterocycles. The standard InChI is InChI=1S/C21H27N5O7S/c1-12(17(27)23-13(2)20(30)31-3)22-18(28)15-11-34-21(25-15)26-6-4-14(5-7-26)24-19(29)16-10-32-8-9-33-16/h11,14,16H,1-2,4-10H2,3H3,(H,22,28)(H,23,27)(H,24,29). The molecule has 0 aromatic carbocycles. The van der Waals surface area contributed by atoms with Gasteiger partial charge in [0, 0.05) is 24.5 Å². The monoisotopic (exact) mass is 493 g/mol. The minimum Gasteiger partial charge on any atom is -0.464 e. The first kappa shape index (κ1) is 25.3. The molecule has 2 aliphatic rings. The molecule has 184 valence electrons. The second kappa shape index (κ2) is 11.7. The van der Waals surface area contributed by atoms with E-state index in [0.29, 0.717) is 31.4 Å². The van der Waals surface area contributed by atoms with Gasteiger partial charge in [-0.3, -0.25) is 14.4 Å². The molecule has 1 atom stereocenters. The Morgan fingerprint density at radius 2 is 1.88 bits per heavy atom. The van der Waals surface area contributed by atoms with E-state index in [9.17, 15) is 19.2 Å². The van der Waals surface area contributed by atoms with E-state index < -0.39 is 23.9 Å². The fourth-order valence-electron chi connectivity index (χ4n) is 3.31. The number of nitrogens with one attached hydrogen (secondary N) is 3. The number of anilines is 1. The summed E-state index contributed by atoms with van der Waals surface area (Å²) in [5, 5.41) is 9.79. The molecule has 34 heavy (non-hydrogen) atoms. The summed E-state index contributed by atoms with van der Waals surface area (Å²) in [4.78, 5) is 54.5. The molecule has 3 rings (SSSR count). The third-order valence-electron chi connectivity index (χ3n) is 5.18. The molecule has 3 heterocycles. The number of carbonyl (C=O) groups excluding carboxylic acids is 4. The molecule has 2 fully saturated rings. The Bertz CT molecular complexity index is 964. The van der Waals surface area contributed by atoms with Gasteiger partial charge in [-0.15, -0.1) is 11.3 Å². The summed E-state index contributed by atoms with van der Waals surface area (Å²) in [5.74, 6) is -2.38. The molecule has 12 nitrogen and oxygen atoms in total. The Morgan fingerprint density at radius 1 is 1.15 bits per heavy atom. The van der Waals surface area contributed by atoms with Gasteiger partial charge in [0.05, 0.1) is 32.6 Å². The Labute approximate surface area is 200 Å². The molecule has 1 unspecified atom stereocenters. The van der Waals surface area contributed by atoms with Crippen LogP contribution in [-0.4, -0.2) is 80.8 Å². The van der Waals surface area contributed by atoms with Gasteiger partial charge in [0.25, 0.3) is 17.7 Å². The van der Waals surface area contributed by atoms with Crippen LogP contribution in [0, 0.1) is 0 Å². The molecule has 3 N–H and O–H groups in total. The molecular weight excluding hydrogens is 466 g/mol. The lowest BCUT2D eigenvalue weighted by Crippen LogP contribution is -2.50. The van der Waals surface area contributed by atoms with E-state index >= 15 is 0 Å². The van der Waals surface area contributed by atoms with Crippen LogP contribution in [0.2, 0.25) is 0 Å². The van der Waals surface area contributed by atoms with E-state index in [4.69, 9.17) is 9.47 Å². The lowest BCUT2D eigenvalue weighted by Gasteiger charge is -2.33. The van der Waals surface area contributed by atoms with Gasteiger partial charge in [0.2, 0.25) is 0 Å². The highest BCUT2D eigenvalue weighted by Gasteiger charge is 2.28. The molecule has 2 saturated heterocycles. The van der Waals surface area contributed by atoms with Gasteiger partial charge >= 0.3 is 5.97 Å². The lowest BCUT2D eigenvalue weighted by atomic mass is 10.1. The van der Waals surface area contributed by atoms with Crippen LogP contribution in [0.3, 0.4) is 0 Å². The molecule has 3 amide bonds. The Balaban J connectivity index is 1.45. The van der Waals surface area contributed by atoms with E-state index in [0.717, 1.165) is 20.0 Å². The van der Waals surface area contributed by atoms with Crippen molar-refractivity contribution < 1.29 is 33.4 Å². The van der Waals surface area contributed by atoms with Crippen molar-refractivity contribution in [3.8, 4) is 0 Å². The fourth-order valence-corrected chi connectivity index (χ4v) is 4.17. The first-order valence-corrected chi connectivity index (χ1v) is 11.5. The first-order chi connectivity index (χ1) is 16.3. The normalized spacial score (nSPS) is 18.5. The molecule has 0 aliphatic carbocycles. The van der Waals surface area contributed by atoms with Gasteiger partial charge < -0.3 is 35.1 Å². The van der Waals surface area contributed by atoms with Crippen molar-refractivity contribution in [1.29, 1.82) is 0 Å². The molecule has 1 aromatic rings. The molecule has 0 bridgehead atoms. The molecule has 0 radical (unpaired) electrons. The lowest BCUT2D eigenvalue weighted by molar-refractivity contribution is -0.148. The highest BCUT2D eigenvalue weighted by atomic mass is 32.1. The summed E-state index contributed by atoms with van der Waals surface area (Å²) in [5.41, 5.74) is -0.419. The number of rotatable bonds is 8. The van der Waals surface area contributed by atoms with Crippen molar-refractivity contribution in [2.75, 3.05) is 44.9 Å². The van der Waals surface area contributed by atoms with E-state index in [1.54, 1.807) is 5.38 Å². The number of aromatic nitrogens is 1. The number of nitrogens with zero attached hydrogens (tertiary/aromatic N) is 2. The van der Waals surface area contributed by atoms with Crippen LogP contribution in [0.1, 0.15) is 23.3 Å². The highest BCUT2D eigenvalue weighted by Crippen LogP contribution is 2.24. The Hall–Kier alpha value is -3.29. The highest BCUT2D eigenvalue weighted by molar-refractivity contribution is 7.13. The summed E-state index contributed by atoms with van der Waals surface area (Å²) >= 11 is 1.30. The summed E-state index contributed by atoms with van der Waals surface area (Å²) in [6, 6.07) is 0.0265. The van der Waals surface area contributed by atoms with Crippen molar-refractivity contribution in [2.24, 2.45) is 0 Å². The van der Waals surface area contributed by atoms with Crippen LogP contribution in [-0.2, 0) is 28.6 Å². The van der Waals surface area contributed by atoms with Crippen LogP contribution in [0.25, 0.3) is 0 Å². The van der Waals surface area contributed by atoms with Crippen molar-refractivity contribution in [3.05, 3.63) is 35.6 Å². The smallest absolute Gasteiger partial charge is 0.353 e. The second-order valence-electron chi connectivity index (χ2n) is 7.58. The molecule has 2 aliphatic heterocycles. The zero-order valence-electron chi connectivity index (χ0n) is 18.8. The van der Waals surface area contributed by atoms with E-state index in [1.807, 2.05) is 4.90 Å². The summed E-state index contributed by atoms with van der Waals surface area (Å²) < 4.78 is 15.1. The van der Waals surface area contributed by atoms with Crippen molar-refractivity contribution >= 4 is 40.2 Å². The van der Waals surface area contributed by atoms with Crippen LogP contribution in [0.15, 0.2) is 29.9 Å². The zero-order chi connectivity index (χ0) is 24.7. The maximum absolute atomic E-state index is 12.4. The topological polar surface area (TPSA) is 148 Å². The SMILES string of the molecule is C=C(NC(=O)c1csc(N2CCC(NC(=O)C3COCCO3)CC2)n1)C(=O)NC(=C)C(=O)OC. The summed E-state index contributed by atoms with van der Waals surface area (Å²) in [6.07, 6.45) is 0.880. The number of ether oxygens (including phenoxy) is 3. The minimum absolute atomic E-state index is 0.0265. The third-order valence-corrected chi connectivity index (χ3v) is 6.08. The largest absolute Gasteiger partial charge is 0.464 e. The van der Waals surface area contributed by atoms with Crippen LogP contribution < -0.4 is 20.9 Å². The van der Waals surface area contributed by atoms with Crippen molar-refractivity contribution in [2.45, 2.75) is 25.0 Å². The molecule has 0 spiro atoms. The third kappa shape index (κ3) is 6.62. The quantitative estimate of drug-likeness (QED) is 0.328.